The van der Waals surface area contributed by atoms with Gasteiger partial charge in [-0.1, -0.05) is 33.6 Å². The topological polar surface area (TPSA) is 64.7 Å². The Hall–Kier alpha value is -1.19. The van der Waals surface area contributed by atoms with Crippen LogP contribution >= 0.6 is 0 Å². The first kappa shape index (κ1) is 12.3. The van der Waals surface area contributed by atoms with Crippen LogP contribution in [-0.2, 0) is 0 Å². The van der Waals surface area contributed by atoms with Crippen LogP contribution in [0.4, 0.5) is 5.95 Å². The summed E-state index contributed by atoms with van der Waals surface area (Å²) < 4.78 is 0. The Morgan fingerprint density at radius 2 is 1.94 bits per heavy atom. The van der Waals surface area contributed by atoms with Crippen molar-refractivity contribution in [1.82, 2.24) is 15.0 Å². The second-order valence-electron chi connectivity index (χ2n) is 5.53. The fraction of sp³-hybridized carbons (Fsp3) is 0.769. The molecule has 0 bridgehead atoms. The van der Waals surface area contributed by atoms with Gasteiger partial charge in [-0.05, 0) is 18.8 Å². The minimum Gasteiger partial charge on any atom is -0.368 e. The molecule has 2 atom stereocenters. The van der Waals surface area contributed by atoms with Gasteiger partial charge in [-0.2, -0.15) is 9.97 Å². The Kier molecular flexibility index (Phi) is 3.60. The van der Waals surface area contributed by atoms with Crippen molar-refractivity contribution in [2.75, 3.05) is 5.73 Å². The summed E-state index contributed by atoms with van der Waals surface area (Å²) in [6.07, 6.45) is 4.97. The third-order valence-corrected chi connectivity index (χ3v) is 3.51. The van der Waals surface area contributed by atoms with E-state index in [1.807, 2.05) is 0 Å². The zero-order chi connectivity index (χ0) is 12.4. The maximum Gasteiger partial charge on any atom is 0.223 e. The maximum absolute atomic E-state index is 5.78. The second kappa shape index (κ2) is 4.98. The number of nitrogen functional groups attached to an aromatic ring is 1. The lowest BCUT2D eigenvalue weighted by Crippen LogP contribution is -2.17. The number of rotatable bonds is 2. The van der Waals surface area contributed by atoms with Gasteiger partial charge in [0.2, 0.25) is 5.95 Å². The molecule has 94 valence electrons. The lowest BCUT2D eigenvalue weighted by molar-refractivity contribution is 0.334. The van der Waals surface area contributed by atoms with Crippen molar-refractivity contribution in [2.24, 2.45) is 5.92 Å². The van der Waals surface area contributed by atoms with Gasteiger partial charge in [0.05, 0.1) is 0 Å². The van der Waals surface area contributed by atoms with Crippen LogP contribution < -0.4 is 5.73 Å². The van der Waals surface area contributed by atoms with E-state index in [-0.39, 0.29) is 0 Å². The quantitative estimate of drug-likeness (QED) is 0.854. The molecular weight excluding hydrogens is 212 g/mol. The largest absolute Gasteiger partial charge is 0.368 e. The summed E-state index contributed by atoms with van der Waals surface area (Å²) in [4.78, 5) is 13.1. The van der Waals surface area contributed by atoms with Crippen molar-refractivity contribution in [3.05, 3.63) is 11.6 Å². The molecule has 2 N–H and O–H groups in total. The van der Waals surface area contributed by atoms with Gasteiger partial charge in [0.15, 0.2) is 0 Å². The number of nitrogens with zero attached hydrogens (tertiary/aromatic N) is 3. The molecule has 17 heavy (non-hydrogen) atoms. The second-order valence-corrected chi connectivity index (χ2v) is 5.53. The normalized spacial score (nSPS) is 25.2. The van der Waals surface area contributed by atoms with Gasteiger partial charge < -0.3 is 5.73 Å². The van der Waals surface area contributed by atoms with E-state index >= 15 is 0 Å². The average molecular weight is 234 g/mol. The summed E-state index contributed by atoms with van der Waals surface area (Å²) in [6, 6.07) is 0. The number of hydrogen-bond acceptors (Lipinski definition) is 4. The fourth-order valence-corrected chi connectivity index (χ4v) is 2.54. The number of aromatic nitrogens is 3. The van der Waals surface area contributed by atoms with Crippen molar-refractivity contribution in [1.29, 1.82) is 0 Å². The summed E-state index contributed by atoms with van der Waals surface area (Å²) >= 11 is 0. The highest BCUT2D eigenvalue weighted by atomic mass is 15.1. The molecule has 1 saturated carbocycles. The first-order valence-corrected chi connectivity index (χ1v) is 6.57. The van der Waals surface area contributed by atoms with Crippen LogP contribution in [0.25, 0.3) is 0 Å². The molecule has 0 saturated heterocycles. The Balaban J connectivity index is 2.25. The minimum atomic E-state index is 0.306. The standard InChI is InChI=1S/C13H22N4/c1-8(2)11-15-12(17-13(14)16-11)10-6-4-5-9(3)7-10/h8-10H,4-7H2,1-3H3,(H2,14,15,16,17). The van der Waals surface area contributed by atoms with E-state index < -0.39 is 0 Å². The minimum absolute atomic E-state index is 0.306. The molecule has 1 aromatic rings. The van der Waals surface area contributed by atoms with Crippen molar-refractivity contribution < 1.29 is 0 Å². The third-order valence-electron chi connectivity index (χ3n) is 3.51. The molecule has 2 unspecified atom stereocenters. The summed E-state index contributed by atoms with van der Waals surface area (Å²) in [5, 5.41) is 0. The molecule has 2 rings (SSSR count). The highest BCUT2D eigenvalue weighted by molar-refractivity contribution is 5.19. The van der Waals surface area contributed by atoms with Crippen LogP contribution in [0.15, 0.2) is 0 Å². The average Bonchev–Trinajstić information content (AvgIpc) is 2.28. The molecule has 0 aliphatic heterocycles. The van der Waals surface area contributed by atoms with Crippen LogP contribution in [0, 0.1) is 5.92 Å². The fourth-order valence-electron chi connectivity index (χ4n) is 2.54. The summed E-state index contributed by atoms with van der Waals surface area (Å²) in [7, 11) is 0. The molecule has 1 fully saturated rings. The molecule has 1 aromatic heterocycles. The smallest absolute Gasteiger partial charge is 0.223 e. The summed E-state index contributed by atoms with van der Waals surface area (Å²) in [5.41, 5.74) is 5.78. The van der Waals surface area contributed by atoms with E-state index in [0.717, 1.165) is 17.6 Å². The van der Waals surface area contributed by atoms with E-state index in [4.69, 9.17) is 5.73 Å². The Labute approximate surface area is 103 Å². The van der Waals surface area contributed by atoms with Crippen LogP contribution in [0.2, 0.25) is 0 Å². The number of nitrogens with two attached hydrogens (primary N) is 1. The van der Waals surface area contributed by atoms with Crippen LogP contribution in [0.3, 0.4) is 0 Å². The zero-order valence-corrected chi connectivity index (χ0v) is 11.0. The predicted molar refractivity (Wildman–Crippen MR) is 68.7 cm³/mol. The molecule has 1 aliphatic rings. The van der Waals surface area contributed by atoms with Gasteiger partial charge in [-0.15, -0.1) is 0 Å². The molecule has 4 heteroatoms. The van der Waals surface area contributed by atoms with Crippen molar-refractivity contribution in [3.63, 3.8) is 0 Å². The predicted octanol–water partition coefficient (Wildman–Crippen LogP) is 2.87. The zero-order valence-electron chi connectivity index (χ0n) is 11.0. The lowest BCUT2D eigenvalue weighted by Gasteiger charge is -2.25. The van der Waals surface area contributed by atoms with E-state index in [0.29, 0.717) is 17.8 Å². The van der Waals surface area contributed by atoms with Crippen molar-refractivity contribution in [3.8, 4) is 0 Å². The summed E-state index contributed by atoms with van der Waals surface area (Å²) in [6.45, 7) is 6.48. The first-order valence-electron chi connectivity index (χ1n) is 6.57. The number of anilines is 1. The SMILES string of the molecule is CC1CCCC(c2nc(N)nc(C(C)C)n2)C1. The molecule has 1 aliphatic carbocycles. The third kappa shape index (κ3) is 2.93. The van der Waals surface area contributed by atoms with Crippen molar-refractivity contribution >= 4 is 5.95 Å². The first-order chi connectivity index (χ1) is 8.06. The van der Waals surface area contributed by atoms with Gasteiger partial charge in [-0.25, -0.2) is 4.98 Å². The molecular formula is C13H22N4. The summed E-state index contributed by atoms with van der Waals surface area (Å²) in [5.74, 6) is 3.66. The monoisotopic (exact) mass is 234 g/mol. The molecule has 1 heterocycles. The molecule has 0 amide bonds. The molecule has 0 spiro atoms. The molecule has 4 nitrogen and oxygen atoms in total. The Morgan fingerprint density at radius 3 is 2.59 bits per heavy atom. The lowest BCUT2D eigenvalue weighted by atomic mass is 9.82. The molecule has 0 aromatic carbocycles. The maximum atomic E-state index is 5.78. The van der Waals surface area contributed by atoms with Crippen LogP contribution in [0.5, 0.6) is 0 Å². The van der Waals surface area contributed by atoms with E-state index in [1.54, 1.807) is 0 Å². The highest BCUT2D eigenvalue weighted by Crippen LogP contribution is 2.34. The van der Waals surface area contributed by atoms with Gasteiger partial charge in [0, 0.05) is 11.8 Å². The highest BCUT2D eigenvalue weighted by Gasteiger charge is 2.23. The number of hydrogen-bond donors (Lipinski definition) is 1. The van der Waals surface area contributed by atoms with Gasteiger partial charge in [0.25, 0.3) is 0 Å². The molecule has 0 radical (unpaired) electrons. The van der Waals surface area contributed by atoms with Crippen LogP contribution in [0.1, 0.15) is 69.9 Å². The Bertz CT molecular complexity index is 389. The van der Waals surface area contributed by atoms with E-state index in [1.165, 1.54) is 25.7 Å². The van der Waals surface area contributed by atoms with Crippen LogP contribution in [-0.4, -0.2) is 15.0 Å². The Morgan fingerprint density at radius 1 is 1.18 bits per heavy atom. The van der Waals surface area contributed by atoms with E-state index in [2.05, 4.69) is 35.7 Å². The van der Waals surface area contributed by atoms with Gasteiger partial charge in [-0.3, -0.25) is 0 Å². The van der Waals surface area contributed by atoms with Crippen molar-refractivity contribution in [2.45, 2.75) is 58.3 Å². The van der Waals surface area contributed by atoms with E-state index in [9.17, 15) is 0 Å². The van der Waals surface area contributed by atoms with Gasteiger partial charge >= 0.3 is 0 Å². The van der Waals surface area contributed by atoms with Gasteiger partial charge in [0.1, 0.15) is 11.6 Å².